The van der Waals surface area contributed by atoms with Crippen molar-refractivity contribution in [3.8, 4) is 39.5 Å². The van der Waals surface area contributed by atoms with Crippen molar-refractivity contribution in [3.63, 3.8) is 0 Å². The first-order chi connectivity index (χ1) is 48.4. The van der Waals surface area contributed by atoms with Crippen molar-refractivity contribution in [1.29, 1.82) is 0 Å². The second kappa shape index (κ2) is 54.2. The minimum absolute atomic E-state index is 0. The number of halogens is 2. The van der Waals surface area contributed by atoms with Gasteiger partial charge >= 0.3 is 227 Å². The topological polar surface area (TPSA) is 51.6 Å². The zero-order valence-electron chi connectivity index (χ0n) is 63.4. The van der Waals surface area contributed by atoms with Gasteiger partial charge in [0.2, 0.25) is 0 Å². The van der Waals surface area contributed by atoms with Crippen LogP contribution in [0, 0.1) is 6.92 Å². The van der Waals surface area contributed by atoms with Crippen molar-refractivity contribution in [3.05, 3.63) is 59.0 Å². The van der Waals surface area contributed by atoms with E-state index in [9.17, 15) is 0 Å². The Morgan fingerprint density at radius 1 is 0.267 bits per heavy atom. The first-order valence-corrected chi connectivity index (χ1v) is 58.8. The summed E-state index contributed by atoms with van der Waals surface area (Å²) in [6.45, 7) is 11.5. The van der Waals surface area contributed by atoms with Gasteiger partial charge in [0.1, 0.15) is 10.0 Å². The van der Waals surface area contributed by atoms with E-state index in [4.69, 9.17) is 19.9 Å². The number of hydrogen-bond acceptors (Lipinski definition) is 12. The number of fused-ring (bicyclic) bond motifs is 2. The number of thiophene rings is 4. The monoisotopic (exact) mass is 1760 g/mol. The molecule has 0 bridgehead atoms. The van der Waals surface area contributed by atoms with Gasteiger partial charge < -0.3 is 0 Å². The van der Waals surface area contributed by atoms with Crippen molar-refractivity contribution in [1.82, 2.24) is 19.9 Å². The molecule has 0 radical (unpaired) electrons. The van der Waals surface area contributed by atoms with Gasteiger partial charge in [-0.1, -0.05) is 303 Å². The van der Waals surface area contributed by atoms with Gasteiger partial charge in [0.05, 0.1) is 17.3 Å². The Kier molecular flexibility index (Phi) is 49.0. The second-order valence-electron chi connectivity index (χ2n) is 30.1. The summed E-state index contributed by atoms with van der Waals surface area (Å²) in [6, 6.07) is 9.69. The zero-order chi connectivity index (χ0) is 70.1. The standard InChI is InChI=1S/C41H63N2S4.C40H60Br2N2S4.2CH4.3CH3.Sn/c1-4-6-8-10-12-14-16-18-20-22-24-26-28-34-30-31-44-36(34)38-42-40-41(46-38)43-39(47-40)37-35(32-33(3)45-37)29-27-25-23-21-19-17-15-13-11-9-7-5-2;1-3-5-7-9-11-13-15-17-19-21-23-25-27-31-29-33(41)45-35(31)37-43-39-40(47-37)44-38(48-39)36-32(30-34(42)46-36)28-26-24-22-20-18-16-14-12-10-8-6-4-2;;;;;;/h30,32H,4-29H2,1-3H3;29-30H,3-28H2,1-2H3;2*1H4;3*1H3;. The van der Waals surface area contributed by atoms with Gasteiger partial charge in [0.25, 0.3) is 0 Å². The van der Waals surface area contributed by atoms with Gasteiger partial charge in [-0.3, -0.25) is 0 Å². The first-order valence-electron chi connectivity index (χ1n) is 40.7. The molecule has 0 spiro atoms. The predicted octanol–water partition coefficient (Wildman–Crippen LogP) is 35.0. The Morgan fingerprint density at radius 2 is 0.475 bits per heavy atom. The van der Waals surface area contributed by atoms with Crippen LogP contribution in [0.4, 0.5) is 0 Å². The van der Waals surface area contributed by atoms with E-state index in [1.807, 2.05) is 56.7 Å². The van der Waals surface area contributed by atoms with Crippen molar-refractivity contribution < 1.29 is 0 Å². The molecule has 8 aromatic heterocycles. The molecule has 8 rings (SSSR count). The molecule has 0 aliphatic rings. The molecular weight excluding hydrogens is 1620 g/mol. The Hall–Kier alpha value is -0.401. The number of aromatic nitrogens is 4. The summed E-state index contributed by atoms with van der Waals surface area (Å²) in [4.78, 5) is 39.9. The molecule has 0 unspecified atom stereocenters. The fraction of sp³-hybridized carbons (Fsp3) is 0.721. The van der Waals surface area contributed by atoms with Crippen LogP contribution in [0.3, 0.4) is 0 Å². The van der Waals surface area contributed by atoms with E-state index in [1.165, 1.54) is 380 Å². The molecule has 15 heteroatoms. The van der Waals surface area contributed by atoms with Crippen LogP contribution in [-0.4, -0.2) is 38.3 Å². The van der Waals surface area contributed by atoms with Crippen LogP contribution >= 0.6 is 123 Å². The van der Waals surface area contributed by atoms with E-state index in [2.05, 4.69) is 117 Å². The summed E-state index contributed by atoms with van der Waals surface area (Å²) in [5.41, 5.74) is 5.98. The van der Waals surface area contributed by atoms with Gasteiger partial charge in [-0.25, -0.2) is 9.97 Å². The maximum atomic E-state index is 5.28. The SMILES string of the molecule is C.C.CCCCCCCCCCCCCCc1cc(Br)sc1-c1nc2sc(-c3sc(Br)cc3CCCCCCCCCCCCCC)nc2s1.CCCCCCCCCCCCCCc1cc(C)sc1-c1nc2sc(-c3s[c]([Sn]([CH3])([CH3])[CH3])cc3CCCCCCCCCCCCCC)nc2s1. The van der Waals surface area contributed by atoms with Gasteiger partial charge in [-0.15, -0.1) is 22.7 Å². The molecular formula is C86H140Br2N4S8Sn. The summed E-state index contributed by atoms with van der Waals surface area (Å²) in [5.74, 6) is 0. The number of thiazole rings is 4. The zero-order valence-corrected chi connectivity index (χ0v) is 75.9. The van der Waals surface area contributed by atoms with Gasteiger partial charge in [-0.2, -0.15) is 0 Å². The third-order valence-corrected chi connectivity index (χ3v) is 39.7. The molecule has 0 saturated carbocycles. The molecule has 570 valence electrons. The molecule has 0 N–H and O–H groups in total. The van der Waals surface area contributed by atoms with E-state index in [0.717, 1.165) is 42.2 Å². The minimum atomic E-state index is -2.18. The molecule has 4 nitrogen and oxygen atoms in total. The van der Waals surface area contributed by atoms with Crippen LogP contribution in [-0.2, 0) is 25.7 Å². The number of hydrogen-bond donors (Lipinski definition) is 0. The third-order valence-electron chi connectivity index (χ3n) is 20.0. The maximum absolute atomic E-state index is 5.28. The Morgan fingerprint density at radius 3 is 0.723 bits per heavy atom. The second-order valence-corrected chi connectivity index (χ2v) is 56.6. The fourth-order valence-electron chi connectivity index (χ4n) is 13.9. The molecule has 8 heterocycles. The molecule has 0 fully saturated rings. The van der Waals surface area contributed by atoms with Gasteiger partial charge in [0.15, 0.2) is 9.66 Å². The normalized spacial score (nSPS) is 11.8. The Bertz CT molecular complexity index is 3200. The molecule has 0 aliphatic carbocycles. The van der Waals surface area contributed by atoms with Crippen LogP contribution in [0.5, 0.6) is 0 Å². The van der Waals surface area contributed by atoms with Crippen LogP contribution < -0.4 is 2.89 Å². The predicted molar refractivity (Wildman–Crippen MR) is 480 cm³/mol. The third kappa shape index (κ3) is 34.6. The molecule has 0 amide bonds. The van der Waals surface area contributed by atoms with Crippen molar-refractivity contribution in [2.75, 3.05) is 0 Å². The Labute approximate surface area is 672 Å². The Balaban J connectivity index is 0.000000357. The first kappa shape index (κ1) is 91.2. The molecule has 101 heavy (non-hydrogen) atoms. The number of aryl methyl sites for hydroxylation is 5. The summed E-state index contributed by atoms with van der Waals surface area (Å²) < 4.78 is 4.12. The molecule has 0 aliphatic heterocycles. The van der Waals surface area contributed by atoms with Crippen molar-refractivity contribution in [2.45, 2.75) is 398 Å². The molecule has 0 atom stereocenters. The number of rotatable bonds is 57. The van der Waals surface area contributed by atoms with Crippen LogP contribution in [0.15, 0.2) is 31.8 Å². The van der Waals surface area contributed by atoms with E-state index in [-0.39, 0.29) is 14.9 Å². The van der Waals surface area contributed by atoms with Gasteiger partial charge in [0, 0.05) is 0 Å². The van der Waals surface area contributed by atoms with E-state index in [1.54, 1.807) is 31.1 Å². The quantitative estimate of drug-likeness (QED) is 0.0282. The molecule has 8 aromatic rings. The van der Waals surface area contributed by atoms with Crippen LogP contribution in [0.1, 0.15) is 378 Å². The summed E-state index contributed by atoms with van der Waals surface area (Å²) in [7, 11) is 0. The number of unbranched alkanes of at least 4 members (excludes halogenated alkanes) is 44. The van der Waals surface area contributed by atoms with E-state index >= 15 is 0 Å². The molecule has 0 aromatic carbocycles. The van der Waals surface area contributed by atoms with E-state index < -0.39 is 18.4 Å². The average molecular weight is 1770 g/mol. The fourth-order valence-corrected chi connectivity index (χ4v) is 29.4. The van der Waals surface area contributed by atoms with Crippen LogP contribution in [0.2, 0.25) is 14.8 Å². The summed E-state index contributed by atoms with van der Waals surface area (Å²) >= 11 is 20.3. The van der Waals surface area contributed by atoms with Crippen molar-refractivity contribution in [2.24, 2.45) is 0 Å². The van der Waals surface area contributed by atoms with Gasteiger partial charge in [-0.05, 0) is 80.8 Å². The van der Waals surface area contributed by atoms with Crippen LogP contribution in [0.25, 0.3) is 58.9 Å². The summed E-state index contributed by atoms with van der Waals surface area (Å²) in [6.07, 6.45) is 71.8. The van der Waals surface area contributed by atoms with E-state index in [0.29, 0.717) is 0 Å². The van der Waals surface area contributed by atoms with Crippen molar-refractivity contribution >= 4 is 163 Å². The summed E-state index contributed by atoms with van der Waals surface area (Å²) in [5, 5.41) is 4.69. The number of nitrogens with zero attached hydrogens (tertiary/aromatic N) is 4. The molecule has 0 saturated heterocycles. The average Bonchev–Trinajstić information content (AvgIpc) is 1.74.